The third-order valence-electron chi connectivity index (χ3n) is 3.25. The van der Waals surface area contributed by atoms with Gasteiger partial charge in [-0.25, -0.2) is 0 Å². The zero-order valence-electron chi connectivity index (χ0n) is 13.0. The molecule has 0 saturated heterocycles. The summed E-state index contributed by atoms with van der Waals surface area (Å²) in [5.41, 5.74) is 1.07. The minimum atomic E-state index is -2.90. The largest absolute Gasteiger partial charge is 0.435 e. The number of carbonyl (C=O) groups excluding carboxylic acids is 1. The minimum Gasteiger partial charge on any atom is -0.435 e. The molecule has 0 bridgehead atoms. The summed E-state index contributed by atoms with van der Waals surface area (Å²) in [6.45, 7) is -1.20. The van der Waals surface area contributed by atoms with Crippen molar-refractivity contribution in [3.8, 4) is 17.3 Å². The molecule has 3 rings (SSSR count). The maximum Gasteiger partial charge on any atom is 0.387 e. The average molecular weight is 365 g/mol. The molecule has 1 aromatic carbocycles. The monoisotopic (exact) mass is 365 g/mol. The Labute approximate surface area is 145 Å². The maximum absolute atomic E-state index is 12.4. The number of aromatic nitrogens is 3. The number of alkyl halides is 2. The lowest BCUT2D eigenvalue weighted by molar-refractivity contribution is -0.0498. The van der Waals surface area contributed by atoms with Crippen LogP contribution in [0.1, 0.15) is 17.3 Å². The van der Waals surface area contributed by atoms with Gasteiger partial charge in [0.05, 0.1) is 5.25 Å². The van der Waals surface area contributed by atoms with Crippen molar-refractivity contribution in [2.45, 2.75) is 24.0 Å². The van der Waals surface area contributed by atoms with E-state index in [1.54, 1.807) is 25.3 Å². The van der Waals surface area contributed by atoms with Crippen LogP contribution in [0, 0.1) is 0 Å². The fourth-order valence-corrected chi connectivity index (χ4v) is 2.83. The lowest BCUT2D eigenvalue weighted by Crippen LogP contribution is -2.13. The van der Waals surface area contributed by atoms with Gasteiger partial charge in [-0.05, 0) is 43.3 Å². The van der Waals surface area contributed by atoms with Gasteiger partial charge in [0, 0.05) is 11.8 Å². The van der Waals surface area contributed by atoms with E-state index in [0.29, 0.717) is 17.1 Å². The van der Waals surface area contributed by atoms with Crippen LogP contribution in [-0.2, 0) is 0 Å². The first-order valence-corrected chi connectivity index (χ1v) is 8.14. The third kappa shape index (κ3) is 4.24. The maximum atomic E-state index is 12.4. The van der Waals surface area contributed by atoms with Gasteiger partial charge in [-0.15, -0.1) is 10.2 Å². The van der Waals surface area contributed by atoms with Crippen LogP contribution in [0.15, 0.2) is 52.2 Å². The fourth-order valence-electron chi connectivity index (χ4n) is 2.07. The highest BCUT2D eigenvalue weighted by molar-refractivity contribution is 8.00. The topological polar surface area (TPSA) is 81.0 Å². The molecule has 1 N–H and O–H groups in total. The number of nitrogens with one attached hydrogen (secondary N) is 1. The number of H-pyrrole nitrogens is 1. The first-order chi connectivity index (χ1) is 12.0. The lowest BCUT2D eigenvalue weighted by Gasteiger charge is -2.09. The molecule has 2 aromatic heterocycles. The molecule has 0 fully saturated rings. The summed E-state index contributed by atoms with van der Waals surface area (Å²) in [7, 11) is 0. The van der Waals surface area contributed by atoms with Crippen molar-refractivity contribution in [2.75, 3.05) is 0 Å². The third-order valence-corrected chi connectivity index (χ3v) is 4.18. The Morgan fingerprint density at radius 1 is 1.24 bits per heavy atom. The summed E-state index contributed by atoms with van der Waals surface area (Å²) in [6, 6.07) is 9.13. The van der Waals surface area contributed by atoms with E-state index in [2.05, 4.69) is 19.9 Å². The number of aromatic amines is 1. The summed E-state index contributed by atoms with van der Waals surface area (Å²) in [6.07, 6.45) is 1.74. The number of hydrogen-bond acceptors (Lipinski definition) is 6. The Hall–Kier alpha value is -2.68. The molecule has 0 aliphatic heterocycles. The van der Waals surface area contributed by atoms with Crippen molar-refractivity contribution in [3.05, 3.63) is 48.2 Å². The van der Waals surface area contributed by atoms with Crippen LogP contribution in [0.5, 0.6) is 5.75 Å². The van der Waals surface area contributed by atoms with E-state index >= 15 is 0 Å². The Bertz CT molecular complexity index is 835. The second-order valence-corrected chi connectivity index (χ2v) is 6.28. The van der Waals surface area contributed by atoms with Gasteiger partial charge in [0.2, 0.25) is 0 Å². The summed E-state index contributed by atoms with van der Waals surface area (Å²) < 4.78 is 34.0. The highest BCUT2D eigenvalue weighted by Gasteiger charge is 2.20. The molecule has 0 radical (unpaired) electrons. The summed E-state index contributed by atoms with van der Waals surface area (Å²) in [4.78, 5) is 15.4. The number of rotatable bonds is 7. The summed E-state index contributed by atoms with van der Waals surface area (Å²) in [5.74, 6) is 0.146. The van der Waals surface area contributed by atoms with Gasteiger partial charge in [-0.3, -0.25) is 4.79 Å². The van der Waals surface area contributed by atoms with Gasteiger partial charge >= 0.3 is 6.61 Å². The highest BCUT2D eigenvalue weighted by atomic mass is 32.2. The highest BCUT2D eigenvalue weighted by Crippen LogP contribution is 2.27. The molecule has 0 aliphatic rings. The van der Waals surface area contributed by atoms with Crippen molar-refractivity contribution < 1.29 is 22.7 Å². The molecule has 0 unspecified atom stereocenters. The van der Waals surface area contributed by atoms with Crippen LogP contribution >= 0.6 is 11.8 Å². The molecule has 0 amide bonds. The molecule has 3 aromatic rings. The van der Waals surface area contributed by atoms with E-state index < -0.39 is 11.9 Å². The number of ketones is 1. The number of nitrogens with zero attached hydrogens (tertiary/aromatic N) is 2. The quantitative estimate of drug-likeness (QED) is 0.503. The Balaban J connectivity index is 1.64. The van der Waals surface area contributed by atoms with Crippen LogP contribution in [0.2, 0.25) is 0 Å². The zero-order valence-corrected chi connectivity index (χ0v) is 13.8. The molecule has 0 aliphatic carbocycles. The molecule has 9 heteroatoms. The predicted molar refractivity (Wildman–Crippen MR) is 86.8 cm³/mol. The number of thioether (sulfide) groups is 1. The lowest BCUT2D eigenvalue weighted by atomic mass is 10.1. The van der Waals surface area contributed by atoms with Gasteiger partial charge in [0.15, 0.2) is 5.78 Å². The van der Waals surface area contributed by atoms with Crippen molar-refractivity contribution in [3.63, 3.8) is 0 Å². The smallest absolute Gasteiger partial charge is 0.387 e. The van der Waals surface area contributed by atoms with Crippen LogP contribution < -0.4 is 4.74 Å². The summed E-state index contributed by atoms with van der Waals surface area (Å²) in [5, 5.41) is 7.60. The molecule has 6 nitrogen and oxygen atoms in total. The normalized spacial score (nSPS) is 12.3. The minimum absolute atomic E-state index is 0.000605. The summed E-state index contributed by atoms with van der Waals surface area (Å²) >= 11 is 1.12. The molecule has 0 spiro atoms. The Morgan fingerprint density at radius 2 is 2.00 bits per heavy atom. The van der Waals surface area contributed by atoms with Gasteiger partial charge < -0.3 is 14.1 Å². The number of benzene rings is 1. The zero-order chi connectivity index (χ0) is 17.8. The molecule has 0 saturated carbocycles. The van der Waals surface area contributed by atoms with Crippen LogP contribution in [0.3, 0.4) is 0 Å². The van der Waals surface area contributed by atoms with Crippen LogP contribution in [-0.4, -0.2) is 32.8 Å². The Morgan fingerprint density at radius 3 is 2.64 bits per heavy atom. The van der Waals surface area contributed by atoms with E-state index in [0.717, 1.165) is 11.8 Å². The average Bonchev–Trinajstić information content (AvgIpc) is 3.25. The second-order valence-electron chi connectivity index (χ2n) is 4.98. The van der Waals surface area contributed by atoms with Crippen molar-refractivity contribution in [1.29, 1.82) is 0 Å². The van der Waals surface area contributed by atoms with Crippen molar-refractivity contribution >= 4 is 17.5 Å². The molecule has 25 heavy (non-hydrogen) atoms. The number of ether oxygens (including phenoxy) is 1. The number of Topliss-reactive ketones (excluding diaryl/α,β-unsaturated/α-hetero) is 1. The SMILES string of the molecule is C[C@H](Sc1nnc(-c2ccc[nH]2)o1)C(=O)c1ccc(OC(F)F)cc1. The van der Waals surface area contributed by atoms with Gasteiger partial charge in [-0.2, -0.15) is 8.78 Å². The number of carbonyl (C=O) groups is 1. The first kappa shape index (κ1) is 17.2. The van der Waals surface area contributed by atoms with Crippen molar-refractivity contribution in [2.24, 2.45) is 0 Å². The molecular weight excluding hydrogens is 352 g/mol. The Kier molecular flexibility index (Phi) is 5.13. The second kappa shape index (κ2) is 7.47. The standard InChI is InChI=1S/C16H13F2N3O3S/c1-9(13(22)10-4-6-11(7-5-10)23-15(17)18)25-16-21-20-14(24-16)12-3-2-8-19-12/h2-9,15,19H,1H3/t9-/m0/s1. The van der Waals surface area contributed by atoms with E-state index in [9.17, 15) is 13.6 Å². The van der Waals surface area contributed by atoms with E-state index in [4.69, 9.17) is 4.42 Å². The number of hydrogen-bond donors (Lipinski definition) is 1. The fraction of sp³-hybridized carbons (Fsp3) is 0.188. The van der Waals surface area contributed by atoms with E-state index in [1.807, 2.05) is 0 Å². The van der Waals surface area contributed by atoms with Crippen molar-refractivity contribution in [1.82, 2.24) is 15.2 Å². The first-order valence-electron chi connectivity index (χ1n) is 7.26. The predicted octanol–water partition coefficient (Wildman–Crippen LogP) is 4.03. The van der Waals surface area contributed by atoms with E-state index in [1.165, 1.54) is 24.3 Å². The van der Waals surface area contributed by atoms with Gasteiger partial charge in [-0.1, -0.05) is 11.8 Å². The van der Waals surface area contributed by atoms with Crippen LogP contribution in [0.4, 0.5) is 8.78 Å². The number of halogens is 2. The van der Waals surface area contributed by atoms with Gasteiger partial charge in [0.25, 0.3) is 11.1 Å². The molecule has 2 heterocycles. The van der Waals surface area contributed by atoms with Crippen LogP contribution in [0.25, 0.3) is 11.6 Å². The molecule has 1 atom stereocenters. The van der Waals surface area contributed by atoms with E-state index in [-0.39, 0.29) is 16.8 Å². The molecular formula is C16H13F2N3O3S. The van der Waals surface area contributed by atoms with Gasteiger partial charge in [0.1, 0.15) is 11.4 Å². The molecule has 130 valence electrons.